The maximum atomic E-state index is 12.8. The average molecular weight is 400 g/mol. The van der Waals surface area contributed by atoms with E-state index in [0.717, 1.165) is 5.56 Å². The fourth-order valence-corrected chi connectivity index (χ4v) is 3.14. The average Bonchev–Trinajstić information content (AvgIpc) is 3.10. The molecule has 0 aliphatic carbocycles. The lowest BCUT2D eigenvalue weighted by Crippen LogP contribution is -2.17. The summed E-state index contributed by atoms with van der Waals surface area (Å²) < 4.78 is 47.7. The van der Waals surface area contributed by atoms with Crippen LogP contribution in [-0.2, 0) is 0 Å². The van der Waals surface area contributed by atoms with Gasteiger partial charge in [-0.1, -0.05) is 24.3 Å². The normalized spacial score (nSPS) is 11.6. The van der Waals surface area contributed by atoms with Crippen LogP contribution in [0.15, 0.2) is 60.9 Å². The number of para-hydroxylation sites is 1. The topological polar surface area (TPSA) is 67.4 Å². The molecule has 0 saturated carbocycles. The number of ether oxygens (including phenoxy) is 2. The van der Waals surface area contributed by atoms with Gasteiger partial charge in [-0.25, -0.2) is 4.98 Å². The Morgan fingerprint density at radius 3 is 2.52 bits per heavy atom. The Hall–Kier alpha value is -3.68. The van der Waals surface area contributed by atoms with Crippen LogP contribution in [0, 0.1) is 0 Å². The van der Waals surface area contributed by atoms with Crippen molar-refractivity contribution in [1.29, 1.82) is 0 Å². The number of benzene rings is 2. The van der Waals surface area contributed by atoms with Crippen molar-refractivity contribution in [3.05, 3.63) is 60.9 Å². The van der Waals surface area contributed by atoms with Gasteiger partial charge in [0.2, 0.25) is 0 Å². The second-order valence-electron chi connectivity index (χ2n) is 6.25. The summed E-state index contributed by atoms with van der Waals surface area (Å²) in [5, 5.41) is 10.4. The molecule has 8 heteroatoms. The number of hydrogen-bond donors (Lipinski definition) is 2. The third-order valence-corrected chi connectivity index (χ3v) is 4.45. The molecule has 0 saturated heterocycles. The predicted octanol–water partition coefficient (Wildman–Crippen LogP) is 5.51. The van der Waals surface area contributed by atoms with Crippen LogP contribution < -0.4 is 9.47 Å². The van der Waals surface area contributed by atoms with Crippen LogP contribution in [0.2, 0.25) is 0 Å². The molecule has 0 amide bonds. The summed E-state index contributed by atoms with van der Waals surface area (Å²) in [6, 6.07) is 12.6. The Bertz CT molecular complexity index is 1190. The summed E-state index contributed by atoms with van der Waals surface area (Å²) in [7, 11) is 1.45. The number of nitrogens with zero attached hydrogens (tertiary/aromatic N) is 1. The number of aromatic amines is 1. The quantitative estimate of drug-likeness (QED) is 0.474. The van der Waals surface area contributed by atoms with Gasteiger partial charge in [0.05, 0.1) is 7.11 Å². The van der Waals surface area contributed by atoms with Crippen molar-refractivity contribution in [2.24, 2.45) is 0 Å². The number of alkyl halides is 3. The molecule has 2 aromatic carbocycles. The fraction of sp³-hybridized carbons (Fsp3) is 0.0952. The number of fused-ring (bicyclic) bond motifs is 1. The third kappa shape index (κ3) is 3.69. The van der Waals surface area contributed by atoms with Crippen molar-refractivity contribution in [2.45, 2.75) is 6.36 Å². The molecule has 2 aromatic heterocycles. The first-order valence-corrected chi connectivity index (χ1v) is 8.55. The summed E-state index contributed by atoms with van der Waals surface area (Å²) in [4.78, 5) is 7.34. The van der Waals surface area contributed by atoms with Gasteiger partial charge < -0.3 is 19.6 Å². The van der Waals surface area contributed by atoms with E-state index in [2.05, 4.69) is 14.7 Å². The van der Waals surface area contributed by atoms with E-state index in [0.29, 0.717) is 33.5 Å². The Morgan fingerprint density at radius 2 is 1.76 bits per heavy atom. The van der Waals surface area contributed by atoms with Gasteiger partial charge in [-0.05, 0) is 29.8 Å². The van der Waals surface area contributed by atoms with E-state index in [4.69, 9.17) is 4.74 Å². The number of H-pyrrole nitrogens is 1. The first kappa shape index (κ1) is 18.7. The zero-order chi connectivity index (χ0) is 20.6. The van der Waals surface area contributed by atoms with Crippen LogP contribution >= 0.6 is 0 Å². The van der Waals surface area contributed by atoms with Gasteiger partial charge in [-0.15, -0.1) is 13.2 Å². The zero-order valence-corrected chi connectivity index (χ0v) is 15.1. The Kier molecular flexibility index (Phi) is 4.54. The minimum Gasteiger partial charge on any atom is -0.504 e. The smallest absolute Gasteiger partial charge is 0.504 e. The monoisotopic (exact) mass is 400 g/mol. The molecule has 0 radical (unpaired) electrons. The molecule has 0 aliphatic rings. The molecule has 148 valence electrons. The second kappa shape index (κ2) is 7.05. The highest BCUT2D eigenvalue weighted by atomic mass is 19.4. The lowest BCUT2D eigenvalue weighted by Gasteiger charge is -2.13. The summed E-state index contributed by atoms with van der Waals surface area (Å²) in [5.41, 5.74) is 2.79. The third-order valence-electron chi connectivity index (χ3n) is 4.45. The molecule has 0 spiro atoms. The highest BCUT2D eigenvalue weighted by Crippen LogP contribution is 2.39. The van der Waals surface area contributed by atoms with E-state index in [1.165, 1.54) is 25.3 Å². The zero-order valence-electron chi connectivity index (χ0n) is 15.1. The van der Waals surface area contributed by atoms with Gasteiger partial charge >= 0.3 is 6.36 Å². The molecule has 0 fully saturated rings. The van der Waals surface area contributed by atoms with Crippen molar-refractivity contribution in [1.82, 2.24) is 9.97 Å². The largest absolute Gasteiger partial charge is 0.573 e. The molecule has 0 bridgehead atoms. The van der Waals surface area contributed by atoms with E-state index in [1.54, 1.807) is 36.7 Å². The number of rotatable bonds is 4. The molecule has 5 nitrogen and oxygen atoms in total. The summed E-state index contributed by atoms with van der Waals surface area (Å²) in [6.07, 6.45) is -1.57. The van der Waals surface area contributed by atoms with Crippen molar-refractivity contribution in [3.63, 3.8) is 0 Å². The number of phenolic OH excluding ortho intramolecular Hbond substituents is 1. The molecular weight excluding hydrogens is 385 g/mol. The highest BCUT2D eigenvalue weighted by molar-refractivity contribution is 5.97. The molecule has 2 N–H and O–H groups in total. The summed E-state index contributed by atoms with van der Waals surface area (Å²) in [5.74, 6) is 0.0178. The van der Waals surface area contributed by atoms with Gasteiger partial charge in [-0.3, -0.25) is 0 Å². The first-order chi connectivity index (χ1) is 13.9. The van der Waals surface area contributed by atoms with Crippen LogP contribution in [0.3, 0.4) is 0 Å². The summed E-state index contributed by atoms with van der Waals surface area (Å²) >= 11 is 0. The number of methoxy groups -OCH3 is 1. The van der Waals surface area contributed by atoms with E-state index < -0.39 is 6.36 Å². The van der Waals surface area contributed by atoms with E-state index in [9.17, 15) is 18.3 Å². The van der Waals surface area contributed by atoms with Crippen molar-refractivity contribution < 1.29 is 27.8 Å². The fourth-order valence-electron chi connectivity index (χ4n) is 3.14. The Morgan fingerprint density at radius 1 is 0.966 bits per heavy atom. The number of nitrogens with one attached hydrogen (secondary N) is 1. The van der Waals surface area contributed by atoms with Gasteiger partial charge in [0, 0.05) is 34.5 Å². The number of halogens is 3. The van der Waals surface area contributed by atoms with Gasteiger partial charge in [0.15, 0.2) is 11.5 Å². The number of pyridine rings is 1. The van der Waals surface area contributed by atoms with Gasteiger partial charge in [0.1, 0.15) is 11.4 Å². The van der Waals surface area contributed by atoms with E-state index in [1.807, 2.05) is 6.07 Å². The molecule has 2 heterocycles. The van der Waals surface area contributed by atoms with E-state index in [-0.39, 0.29) is 11.5 Å². The number of aromatic hydroxyl groups is 1. The van der Waals surface area contributed by atoms with Crippen LogP contribution in [0.1, 0.15) is 0 Å². The molecular formula is C21H15F3N2O3. The molecule has 0 atom stereocenters. The lowest BCUT2D eigenvalue weighted by atomic mass is 10.0. The Balaban J connectivity index is 1.84. The first-order valence-electron chi connectivity index (χ1n) is 8.55. The van der Waals surface area contributed by atoms with E-state index >= 15 is 0 Å². The van der Waals surface area contributed by atoms with Crippen molar-refractivity contribution >= 4 is 11.0 Å². The predicted molar refractivity (Wildman–Crippen MR) is 102 cm³/mol. The van der Waals surface area contributed by atoms with Crippen molar-refractivity contribution in [3.8, 4) is 39.5 Å². The van der Waals surface area contributed by atoms with Crippen LogP contribution in [0.4, 0.5) is 13.2 Å². The maximum absolute atomic E-state index is 12.8. The minimum absolute atomic E-state index is 0.00541. The lowest BCUT2D eigenvalue weighted by molar-refractivity contribution is -0.274. The van der Waals surface area contributed by atoms with Crippen LogP contribution in [-0.4, -0.2) is 28.5 Å². The minimum atomic E-state index is -4.80. The highest BCUT2D eigenvalue weighted by Gasteiger charge is 2.32. The molecule has 0 unspecified atom stereocenters. The van der Waals surface area contributed by atoms with Crippen LogP contribution in [0.25, 0.3) is 33.3 Å². The molecule has 4 aromatic rings. The number of phenols is 1. The van der Waals surface area contributed by atoms with Gasteiger partial charge in [0.25, 0.3) is 0 Å². The van der Waals surface area contributed by atoms with Crippen molar-refractivity contribution in [2.75, 3.05) is 7.11 Å². The summed E-state index contributed by atoms with van der Waals surface area (Å²) in [6.45, 7) is 0. The Labute approximate surface area is 163 Å². The SMILES string of the molecule is COc1cc(-c2cnc3[nH]cc(-c4ccccc4OC(F)(F)F)c3c2)ccc1O. The number of hydrogen-bond acceptors (Lipinski definition) is 4. The maximum Gasteiger partial charge on any atom is 0.573 e. The molecule has 0 aliphatic heterocycles. The standard InChI is InChI=1S/C21H15F3N2O3/c1-28-19-9-12(6-7-17(19)27)13-8-15-16(11-26-20(15)25-10-13)14-4-2-3-5-18(14)29-21(22,23)24/h2-11,27H,1H3,(H,25,26). The van der Waals surface area contributed by atoms with Crippen LogP contribution in [0.5, 0.6) is 17.2 Å². The molecule has 4 rings (SSSR count). The second-order valence-corrected chi connectivity index (χ2v) is 6.25. The van der Waals surface area contributed by atoms with Gasteiger partial charge in [-0.2, -0.15) is 0 Å². The molecule has 29 heavy (non-hydrogen) atoms. The number of aromatic nitrogens is 2.